The van der Waals surface area contributed by atoms with Crippen molar-refractivity contribution in [2.24, 2.45) is 0 Å². The minimum absolute atomic E-state index is 0.246. The molecule has 17 heavy (non-hydrogen) atoms. The number of ether oxygens (including phenoxy) is 1. The molecule has 2 aromatic rings. The van der Waals surface area contributed by atoms with Gasteiger partial charge in [-0.1, -0.05) is 0 Å². The van der Waals surface area contributed by atoms with E-state index in [0.29, 0.717) is 18.0 Å². The third-order valence-corrected chi connectivity index (χ3v) is 2.20. The monoisotopic (exact) mass is 237 g/mol. The Morgan fingerprint density at radius 3 is 2.82 bits per heavy atom. The second-order valence-electron chi connectivity index (χ2n) is 3.40. The van der Waals surface area contributed by atoms with Crippen molar-refractivity contribution in [1.82, 2.24) is 14.6 Å². The van der Waals surface area contributed by atoms with Gasteiger partial charge in [-0.05, 0) is 13.0 Å². The van der Waals surface area contributed by atoms with Crippen molar-refractivity contribution in [3.05, 3.63) is 18.1 Å². The number of hydrogen-bond donors (Lipinski definition) is 3. The van der Waals surface area contributed by atoms with Gasteiger partial charge in [0.1, 0.15) is 6.61 Å². The second kappa shape index (κ2) is 4.70. The molecule has 7 nitrogen and oxygen atoms in total. The van der Waals surface area contributed by atoms with Gasteiger partial charge in [-0.15, -0.1) is 5.10 Å². The maximum atomic E-state index is 9.13. The van der Waals surface area contributed by atoms with Gasteiger partial charge in [-0.25, -0.2) is 9.50 Å². The second-order valence-corrected chi connectivity index (χ2v) is 3.40. The van der Waals surface area contributed by atoms with Gasteiger partial charge in [0, 0.05) is 11.7 Å². The standard InChI is InChI=1S/C9H12BN3O4/c1-2-17-7-3-6(10(15)16)4-13-9(7)11-8(5-14)12-13/h3-4,14-16H,2,5H2,1H3. The zero-order valence-electron chi connectivity index (χ0n) is 9.24. The van der Waals surface area contributed by atoms with E-state index in [1.54, 1.807) is 0 Å². The summed E-state index contributed by atoms with van der Waals surface area (Å²) in [6, 6.07) is 1.49. The molecule has 3 N–H and O–H groups in total. The van der Waals surface area contributed by atoms with Gasteiger partial charge in [-0.3, -0.25) is 0 Å². The van der Waals surface area contributed by atoms with Crippen molar-refractivity contribution < 1.29 is 19.9 Å². The molecule has 0 amide bonds. The van der Waals surface area contributed by atoms with Crippen LogP contribution in [0.4, 0.5) is 0 Å². The van der Waals surface area contributed by atoms with E-state index in [1.807, 2.05) is 6.92 Å². The highest BCUT2D eigenvalue weighted by Crippen LogP contribution is 2.16. The van der Waals surface area contributed by atoms with Gasteiger partial charge in [0.05, 0.1) is 6.61 Å². The zero-order chi connectivity index (χ0) is 12.4. The van der Waals surface area contributed by atoms with E-state index >= 15 is 0 Å². The lowest BCUT2D eigenvalue weighted by atomic mass is 9.81. The Kier molecular flexibility index (Phi) is 3.27. The maximum Gasteiger partial charge on any atom is 0.490 e. The molecule has 0 aromatic carbocycles. The molecule has 0 radical (unpaired) electrons. The Labute approximate surface area is 97.4 Å². The van der Waals surface area contributed by atoms with Crippen LogP contribution in [0.5, 0.6) is 5.75 Å². The number of aliphatic hydroxyl groups excluding tert-OH is 1. The maximum absolute atomic E-state index is 9.13. The van der Waals surface area contributed by atoms with Crippen LogP contribution in [-0.2, 0) is 6.61 Å². The number of pyridine rings is 1. The van der Waals surface area contributed by atoms with Crippen molar-refractivity contribution in [3.63, 3.8) is 0 Å². The number of rotatable bonds is 4. The molecule has 90 valence electrons. The summed E-state index contributed by atoms with van der Waals surface area (Å²) in [4.78, 5) is 4.06. The summed E-state index contributed by atoms with van der Waals surface area (Å²) in [5.74, 6) is 0.640. The van der Waals surface area contributed by atoms with Crippen LogP contribution in [0.1, 0.15) is 12.7 Å². The summed E-state index contributed by atoms with van der Waals surface area (Å²) < 4.78 is 6.69. The molecule has 0 aliphatic rings. The predicted octanol–water partition coefficient (Wildman–Crippen LogP) is -1.70. The average molecular weight is 237 g/mol. The number of aromatic nitrogens is 3. The first-order valence-corrected chi connectivity index (χ1v) is 5.14. The molecular formula is C9H12BN3O4. The highest BCUT2D eigenvalue weighted by Gasteiger charge is 2.17. The third kappa shape index (κ3) is 2.23. The SMILES string of the molecule is CCOc1cc(B(O)O)cn2nc(CO)nc12. The summed E-state index contributed by atoms with van der Waals surface area (Å²) >= 11 is 0. The summed E-state index contributed by atoms with van der Waals surface area (Å²) in [5, 5.41) is 31.2. The molecular weight excluding hydrogens is 225 g/mol. The molecule has 2 aromatic heterocycles. The molecule has 0 aliphatic heterocycles. The largest absolute Gasteiger partial charge is 0.490 e. The van der Waals surface area contributed by atoms with E-state index in [2.05, 4.69) is 10.1 Å². The summed E-state index contributed by atoms with van der Waals surface area (Å²) in [7, 11) is -1.61. The highest BCUT2D eigenvalue weighted by molar-refractivity contribution is 6.58. The number of hydrogen-bond acceptors (Lipinski definition) is 6. The summed E-state index contributed by atoms with van der Waals surface area (Å²) in [5.41, 5.74) is 0.677. The van der Waals surface area contributed by atoms with Gasteiger partial charge >= 0.3 is 7.12 Å². The topological polar surface area (TPSA) is 100 Å². The molecule has 0 spiro atoms. The molecule has 0 aliphatic carbocycles. The van der Waals surface area contributed by atoms with Crippen LogP contribution in [0.2, 0.25) is 0 Å². The first-order chi connectivity index (χ1) is 8.15. The number of aliphatic hydroxyl groups is 1. The third-order valence-electron chi connectivity index (χ3n) is 2.20. The first kappa shape index (κ1) is 11.8. The summed E-state index contributed by atoms with van der Waals surface area (Å²) in [6.45, 7) is 1.94. The van der Waals surface area contributed by atoms with Crippen molar-refractivity contribution >= 4 is 18.2 Å². The van der Waals surface area contributed by atoms with Crippen molar-refractivity contribution in [2.75, 3.05) is 6.61 Å². The minimum Gasteiger partial charge on any atom is -0.490 e. The molecule has 0 atom stereocenters. The van der Waals surface area contributed by atoms with Gasteiger partial charge in [0.15, 0.2) is 17.2 Å². The fourth-order valence-electron chi connectivity index (χ4n) is 1.49. The molecule has 2 rings (SSSR count). The number of nitrogens with zero attached hydrogens (tertiary/aromatic N) is 3. The van der Waals surface area contributed by atoms with Crippen LogP contribution >= 0.6 is 0 Å². The van der Waals surface area contributed by atoms with Gasteiger partial charge in [0.25, 0.3) is 0 Å². The van der Waals surface area contributed by atoms with Crippen molar-refractivity contribution in [3.8, 4) is 5.75 Å². The Morgan fingerprint density at radius 1 is 1.47 bits per heavy atom. The van der Waals surface area contributed by atoms with E-state index in [-0.39, 0.29) is 17.9 Å². The first-order valence-electron chi connectivity index (χ1n) is 5.14. The van der Waals surface area contributed by atoms with Crippen LogP contribution in [-0.4, -0.2) is 43.5 Å². The molecule has 8 heteroatoms. The minimum atomic E-state index is -1.61. The van der Waals surface area contributed by atoms with E-state index in [1.165, 1.54) is 16.8 Å². The lowest BCUT2D eigenvalue weighted by Crippen LogP contribution is -2.31. The normalized spacial score (nSPS) is 10.8. The smallest absolute Gasteiger partial charge is 0.490 e. The Morgan fingerprint density at radius 2 is 2.24 bits per heavy atom. The average Bonchev–Trinajstić information content (AvgIpc) is 2.72. The van der Waals surface area contributed by atoms with Crippen LogP contribution in [0.25, 0.3) is 5.65 Å². The summed E-state index contributed by atoms with van der Waals surface area (Å²) in [6.07, 6.45) is 1.43. The lowest BCUT2D eigenvalue weighted by molar-refractivity contribution is 0.271. The fourth-order valence-corrected chi connectivity index (χ4v) is 1.49. The van der Waals surface area contributed by atoms with Gasteiger partial charge in [-0.2, -0.15) is 0 Å². The van der Waals surface area contributed by atoms with E-state index in [9.17, 15) is 0 Å². The molecule has 0 saturated heterocycles. The zero-order valence-corrected chi connectivity index (χ0v) is 9.24. The van der Waals surface area contributed by atoms with Crippen molar-refractivity contribution in [2.45, 2.75) is 13.5 Å². The van der Waals surface area contributed by atoms with E-state index in [4.69, 9.17) is 19.9 Å². The molecule has 0 fully saturated rings. The van der Waals surface area contributed by atoms with E-state index in [0.717, 1.165) is 0 Å². The molecule has 0 unspecified atom stereocenters. The van der Waals surface area contributed by atoms with Crippen LogP contribution < -0.4 is 10.2 Å². The van der Waals surface area contributed by atoms with Gasteiger partial charge in [0.2, 0.25) is 0 Å². The highest BCUT2D eigenvalue weighted by atomic mass is 16.5. The van der Waals surface area contributed by atoms with Gasteiger partial charge < -0.3 is 19.9 Å². The predicted molar refractivity (Wildman–Crippen MR) is 59.9 cm³/mol. The Bertz CT molecular complexity index is 528. The van der Waals surface area contributed by atoms with Crippen molar-refractivity contribution in [1.29, 1.82) is 0 Å². The molecule has 2 heterocycles. The fraction of sp³-hybridized carbons (Fsp3) is 0.333. The quantitative estimate of drug-likeness (QED) is 0.548. The van der Waals surface area contributed by atoms with Crippen LogP contribution in [0.15, 0.2) is 12.3 Å². The molecule has 0 bridgehead atoms. The van der Waals surface area contributed by atoms with Crippen LogP contribution in [0, 0.1) is 0 Å². The Hall–Kier alpha value is -1.64. The van der Waals surface area contributed by atoms with E-state index < -0.39 is 7.12 Å². The Balaban J connectivity index is 2.60. The molecule has 0 saturated carbocycles. The number of fused-ring (bicyclic) bond motifs is 1. The lowest BCUT2D eigenvalue weighted by Gasteiger charge is -2.06. The van der Waals surface area contributed by atoms with Crippen LogP contribution in [0.3, 0.4) is 0 Å².